The number of allylic oxidation sites excluding steroid dienone is 1. The molecule has 4 aromatic rings. The Hall–Kier alpha value is -3.06. The van der Waals surface area contributed by atoms with Crippen LogP contribution in [-0.2, 0) is 6.54 Å². The number of fused-ring (bicyclic) bond motifs is 1. The molecule has 4 rings (SSSR count). The van der Waals surface area contributed by atoms with Gasteiger partial charge >= 0.3 is 0 Å². The molecule has 0 aliphatic heterocycles. The molecule has 0 aliphatic carbocycles. The minimum Gasteiger partial charge on any atom is -0.298 e. The molecule has 7 heteroatoms. The molecule has 0 radical (unpaired) electrons. The third kappa shape index (κ3) is 3.09. The molecule has 6 nitrogen and oxygen atoms in total. The van der Waals surface area contributed by atoms with E-state index in [2.05, 4.69) is 44.7 Å². The Bertz CT molecular complexity index is 1070. The summed E-state index contributed by atoms with van der Waals surface area (Å²) in [5, 5.41) is 11.4. The zero-order valence-corrected chi connectivity index (χ0v) is 15.0. The van der Waals surface area contributed by atoms with Gasteiger partial charge in [0.15, 0.2) is 11.0 Å². The average molecular weight is 360 g/mol. The van der Waals surface area contributed by atoms with Crippen LogP contribution in [0, 0.1) is 6.92 Å². The van der Waals surface area contributed by atoms with Gasteiger partial charge in [0.05, 0.1) is 5.52 Å². The SMILES string of the molecule is C=CCn1c(Sc2ncnc3ccc(C)cc23)nnc1-c1ccncc1. The molecule has 128 valence electrons. The van der Waals surface area contributed by atoms with Crippen molar-refractivity contribution in [1.82, 2.24) is 29.7 Å². The van der Waals surface area contributed by atoms with Gasteiger partial charge in [0.1, 0.15) is 11.4 Å². The van der Waals surface area contributed by atoms with Gasteiger partial charge in [-0.3, -0.25) is 9.55 Å². The summed E-state index contributed by atoms with van der Waals surface area (Å²) in [5.41, 5.74) is 3.04. The summed E-state index contributed by atoms with van der Waals surface area (Å²) >= 11 is 1.48. The van der Waals surface area contributed by atoms with Crippen LogP contribution in [0.5, 0.6) is 0 Å². The highest BCUT2D eigenvalue weighted by Gasteiger charge is 2.16. The number of benzene rings is 1. The van der Waals surface area contributed by atoms with Gasteiger partial charge in [-0.2, -0.15) is 0 Å². The molecule has 26 heavy (non-hydrogen) atoms. The van der Waals surface area contributed by atoms with E-state index < -0.39 is 0 Å². The van der Waals surface area contributed by atoms with Gasteiger partial charge < -0.3 is 0 Å². The van der Waals surface area contributed by atoms with Crippen LogP contribution < -0.4 is 0 Å². The quantitative estimate of drug-likeness (QED) is 0.397. The number of hydrogen-bond donors (Lipinski definition) is 0. The molecule has 3 aromatic heterocycles. The second kappa shape index (κ2) is 7.05. The lowest BCUT2D eigenvalue weighted by Gasteiger charge is -2.08. The summed E-state index contributed by atoms with van der Waals surface area (Å²) in [5.74, 6) is 0.782. The van der Waals surface area contributed by atoms with Crippen LogP contribution >= 0.6 is 11.8 Å². The molecule has 0 unspecified atom stereocenters. The predicted molar refractivity (Wildman–Crippen MR) is 102 cm³/mol. The largest absolute Gasteiger partial charge is 0.298 e. The maximum atomic E-state index is 4.46. The van der Waals surface area contributed by atoms with Crippen molar-refractivity contribution >= 4 is 22.7 Å². The van der Waals surface area contributed by atoms with E-state index in [-0.39, 0.29) is 0 Å². The number of pyridine rings is 1. The van der Waals surface area contributed by atoms with E-state index in [1.54, 1.807) is 18.7 Å². The van der Waals surface area contributed by atoms with Crippen molar-refractivity contribution in [3.05, 3.63) is 67.3 Å². The lowest BCUT2D eigenvalue weighted by Crippen LogP contribution is -2.01. The second-order valence-electron chi connectivity index (χ2n) is 5.74. The highest BCUT2D eigenvalue weighted by molar-refractivity contribution is 7.99. The number of aromatic nitrogens is 6. The van der Waals surface area contributed by atoms with Crippen molar-refractivity contribution in [2.24, 2.45) is 0 Å². The Labute approximate surface area is 155 Å². The molecular weight excluding hydrogens is 344 g/mol. The van der Waals surface area contributed by atoms with Gasteiger partial charge in [0.2, 0.25) is 0 Å². The van der Waals surface area contributed by atoms with E-state index in [4.69, 9.17) is 0 Å². The Morgan fingerprint density at radius 1 is 1.12 bits per heavy atom. The van der Waals surface area contributed by atoms with E-state index in [0.717, 1.165) is 32.5 Å². The molecule has 1 aromatic carbocycles. The Kier molecular flexibility index (Phi) is 4.45. The van der Waals surface area contributed by atoms with E-state index in [1.807, 2.05) is 34.9 Å². The number of nitrogens with zero attached hydrogens (tertiary/aromatic N) is 6. The zero-order valence-electron chi connectivity index (χ0n) is 14.2. The molecule has 0 aliphatic rings. The van der Waals surface area contributed by atoms with Gasteiger partial charge in [-0.05, 0) is 43.0 Å². The van der Waals surface area contributed by atoms with Crippen LogP contribution in [0.3, 0.4) is 0 Å². The maximum Gasteiger partial charge on any atom is 0.198 e. The smallest absolute Gasteiger partial charge is 0.198 e. The van der Waals surface area contributed by atoms with Gasteiger partial charge in [-0.25, -0.2) is 9.97 Å². The fraction of sp³-hybridized carbons (Fsp3) is 0.105. The summed E-state index contributed by atoms with van der Waals surface area (Å²) in [7, 11) is 0. The molecule has 0 fully saturated rings. The molecular formula is C19H16N6S. The van der Waals surface area contributed by atoms with Crippen LogP contribution in [0.4, 0.5) is 0 Å². The monoisotopic (exact) mass is 360 g/mol. The van der Waals surface area contributed by atoms with Crippen LogP contribution in [0.25, 0.3) is 22.3 Å². The standard InChI is InChI=1S/C19H16N6S/c1-3-10-25-17(14-6-8-20-9-7-14)23-24-19(25)26-18-15-11-13(2)4-5-16(15)21-12-22-18/h3-9,11-12H,1,10H2,2H3. The Morgan fingerprint density at radius 3 is 2.77 bits per heavy atom. The number of rotatable bonds is 5. The summed E-state index contributed by atoms with van der Waals surface area (Å²) in [6, 6.07) is 9.98. The van der Waals surface area contributed by atoms with Gasteiger partial charge in [0.25, 0.3) is 0 Å². The number of aryl methyl sites for hydroxylation is 1. The first-order chi connectivity index (χ1) is 12.8. The van der Waals surface area contributed by atoms with E-state index in [1.165, 1.54) is 17.3 Å². The van der Waals surface area contributed by atoms with Crippen LogP contribution in [0.2, 0.25) is 0 Å². The van der Waals surface area contributed by atoms with E-state index >= 15 is 0 Å². The molecule has 0 saturated carbocycles. The molecule has 3 heterocycles. The first-order valence-corrected chi connectivity index (χ1v) is 8.91. The van der Waals surface area contributed by atoms with Gasteiger partial charge in [-0.15, -0.1) is 16.8 Å². The number of hydrogen-bond acceptors (Lipinski definition) is 6. The minimum atomic E-state index is 0.606. The lowest BCUT2D eigenvalue weighted by atomic mass is 10.2. The van der Waals surface area contributed by atoms with E-state index in [9.17, 15) is 0 Å². The van der Waals surface area contributed by atoms with Crippen LogP contribution in [0.1, 0.15) is 5.56 Å². The summed E-state index contributed by atoms with van der Waals surface area (Å²) < 4.78 is 2.02. The molecule has 0 bridgehead atoms. The van der Waals surface area contributed by atoms with Gasteiger partial charge in [0, 0.05) is 29.9 Å². The third-order valence-electron chi connectivity index (χ3n) is 3.91. The normalized spacial score (nSPS) is 11.0. The van der Waals surface area contributed by atoms with Crippen molar-refractivity contribution in [2.75, 3.05) is 0 Å². The predicted octanol–water partition coefficient (Wildman–Crippen LogP) is 3.93. The molecule has 0 saturated heterocycles. The topological polar surface area (TPSA) is 69.4 Å². The molecule has 0 spiro atoms. The van der Waals surface area contributed by atoms with Crippen molar-refractivity contribution < 1.29 is 0 Å². The van der Waals surface area contributed by atoms with Gasteiger partial charge in [-0.1, -0.05) is 17.7 Å². The summed E-state index contributed by atoms with van der Waals surface area (Å²) in [6.45, 7) is 6.52. The van der Waals surface area contributed by atoms with Crippen LogP contribution in [0.15, 0.2) is 71.9 Å². The molecule has 0 amide bonds. The Balaban J connectivity index is 1.79. The highest BCUT2D eigenvalue weighted by Crippen LogP contribution is 2.32. The van der Waals surface area contributed by atoms with Crippen molar-refractivity contribution in [3.63, 3.8) is 0 Å². The second-order valence-corrected chi connectivity index (χ2v) is 6.70. The fourth-order valence-corrected chi connectivity index (χ4v) is 3.59. The average Bonchev–Trinajstić information content (AvgIpc) is 3.06. The lowest BCUT2D eigenvalue weighted by molar-refractivity contribution is 0.730. The minimum absolute atomic E-state index is 0.606. The van der Waals surface area contributed by atoms with Crippen molar-refractivity contribution in [3.8, 4) is 11.4 Å². The van der Waals surface area contributed by atoms with Crippen molar-refractivity contribution in [1.29, 1.82) is 0 Å². The first-order valence-electron chi connectivity index (χ1n) is 8.10. The highest BCUT2D eigenvalue weighted by atomic mass is 32.2. The fourth-order valence-electron chi connectivity index (χ4n) is 2.69. The molecule has 0 N–H and O–H groups in total. The summed E-state index contributed by atoms with van der Waals surface area (Å²) in [4.78, 5) is 12.9. The first kappa shape index (κ1) is 16.4. The Morgan fingerprint density at radius 2 is 1.96 bits per heavy atom. The zero-order chi connectivity index (χ0) is 17.9. The molecule has 0 atom stereocenters. The van der Waals surface area contributed by atoms with E-state index in [0.29, 0.717) is 6.54 Å². The maximum absolute atomic E-state index is 4.46. The van der Waals surface area contributed by atoms with Crippen molar-refractivity contribution in [2.45, 2.75) is 23.7 Å². The summed E-state index contributed by atoms with van der Waals surface area (Å²) in [6.07, 6.45) is 6.91. The third-order valence-corrected chi connectivity index (χ3v) is 4.91. The van der Waals surface area contributed by atoms with Crippen LogP contribution in [-0.4, -0.2) is 29.7 Å².